The lowest BCUT2D eigenvalue weighted by atomic mass is 10.1. The first kappa shape index (κ1) is 22.9. The number of H-pyrrole nitrogens is 1. The molecule has 1 aromatic heterocycles. The molecule has 0 fully saturated rings. The van der Waals surface area contributed by atoms with E-state index >= 15 is 0 Å². The van der Waals surface area contributed by atoms with E-state index in [0.717, 1.165) is 5.69 Å². The molecule has 112 valence electrons. The monoisotopic (exact) mass is 265 g/mol. The Labute approximate surface area is 121 Å². The Morgan fingerprint density at radius 2 is 1.47 bits per heavy atom. The first-order chi connectivity index (χ1) is 9.12. The van der Waals surface area contributed by atoms with Crippen molar-refractivity contribution in [1.29, 1.82) is 0 Å². The first-order valence-corrected chi connectivity index (χ1v) is 7.56. The quantitative estimate of drug-likeness (QED) is 0.607. The largest absolute Gasteiger partial charge is 0.358 e. The molecule has 1 aromatic rings. The van der Waals surface area contributed by atoms with Crippen molar-refractivity contribution in [2.75, 3.05) is 0 Å². The van der Waals surface area contributed by atoms with Gasteiger partial charge in [-0.25, -0.2) is 0 Å². The van der Waals surface area contributed by atoms with E-state index in [-0.39, 0.29) is 0 Å². The second-order valence-corrected chi connectivity index (χ2v) is 3.61. The number of hydrogen-bond donors (Lipinski definition) is 1. The van der Waals surface area contributed by atoms with Crippen LogP contribution in [0.3, 0.4) is 0 Å². The molecule has 1 N–H and O–H groups in total. The topological polar surface area (TPSA) is 15.8 Å². The fraction of sp³-hybridized carbons (Fsp3) is 0.556. The van der Waals surface area contributed by atoms with Gasteiger partial charge in [-0.2, -0.15) is 0 Å². The van der Waals surface area contributed by atoms with E-state index in [1.165, 1.54) is 23.2 Å². The zero-order valence-electron chi connectivity index (χ0n) is 14.6. The molecule has 0 aliphatic carbocycles. The summed E-state index contributed by atoms with van der Waals surface area (Å²) in [5.74, 6) is 0. The number of rotatable bonds is 2. The maximum absolute atomic E-state index is 3.79. The van der Waals surface area contributed by atoms with E-state index in [2.05, 4.69) is 45.3 Å². The highest BCUT2D eigenvalue weighted by Gasteiger charge is 2.04. The molecule has 0 atom stereocenters. The number of nitrogens with one attached hydrogen (secondary N) is 1. The van der Waals surface area contributed by atoms with Gasteiger partial charge in [0.15, 0.2) is 0 Å². The summed E-state index contributed by atoms with van der Waals surface area (Å²) in [6.45, 7) is 22.2. The van der Waals surface area contributed by atoms with Crippen molar-refractivity contribution in [3.05, 3.63) is 35.2 Å². The second kappa shape index (κ2) is 16.8. The Hall–Kier alpha value is -1.24. The lowest BCUT2D eigenvalue weighted by molar-refractivity contribution is 1.09. The lowest BCUT2D eigenvalue weighted by Crippen LogP contribution is -1.75. The molecule has 0 saturated heterocycles. The van der Waals surface area contributed by atoms with Crippen molar-refractivity contribution in [1.82, 2.24) is 4.98 Å². The molecule has 1 heteroatoms. The first-order valence-electron chi connectivity index (χ1n) is 7.56. The van der Waals surface area contributed by atoms with Gasteiger partial charge in [0.1, 0.15) is 0 Å². The third kappa shape index (κ3) is 9.35. The zero-order chi connectivity index (χ0) is 15.8. The second-order valence-electron chi connectivity index (χ2n) is 3.61. The summed E-state index contributed by atoms with van der Waals surface area (Å²) < 4.78 is 0. The van der Waals surface area contributed by atoms with Crippen molar-refractivity contribution in [2.45, 2.75) is 68.7 Å². The van der Waals surface area contributed by atoms with E-state index in [1.807, 2.05) is 46.8 Å². The van der Waals surface area contributed by atoms with Gasteiger partial charge in [0.25, 0.3) is 0 Å². The Morgan fingerprint density at radius 1 is 1.05 bits per heavy atom. The van der Waals surface area contributed by atoms with Gasteiger partial charge in [-0.15, -0.1) is 0 Å². The standard InChI is InChI=1S/C11H15N.C3H8.2C2H6/c1-5-7-11-10(6-2)8(3)9(4)12-11;1-3-2;2*1-2/h5-7,12H,2H2,1,3-4H3;3H2,1-2H3;2*1-2H3/b7-5-;;;. The van der Waals surface area contributed by atoms with Gasteiger partial charge in [0, 0.05) is 17.0 Å². The maximum Gasteiger partial charge on any atom is 0.0455 e. The van der Waals surface area contributed by atoms with Gasteiger partial charge in [-0.3, -0.25) is 0 Å². The lowest BCUT2D eigenvalue weighted by Gasteiger charge is -1.92. The van der Waals surface area contributed by atoms with Crippen molar-refractivity contribution < 1.29 is 0 Å². The molecular formula is C18H35N. The number of allylic oxidation sites excluding steroid dienone is 1. The van der Waals surface area contributed by atoms with Crippen LogP contribution in [0.5, 0.6) is 0 Å². The van der Waals surface area contributed by atoms with Gasteiger partial charge in [-0.05, 0) is 32.4 Å². The van der Waals surface area contributed by atoms with Gasteiger partial charge in [0.2, 0.25) is 0 Å². The summed E-state index contributed by atoms with van der Waals surface area (Å²) >= 11 is 0. The van der Waals surface area contributed by atoms with E-state index in [4.69, 9.17) is 0 Å². The Morgan fingerprint density at radius 3 is 1.79 bits per heavy atom. The summed E-state index contributed by atoms with van der Waals surface area (Å²) in [6.07, 6.45) is 7.24. The molecule has 1 heterocycles. The number of aromatic amines is 1. The highest BCUT2D eigenvalue weighted by molar-refractivity contribution is 5.66. The summed E-state index contributed by atoms with van der Waals surface area (Å²) in [7, 11) is 0. The van der Waals surface area contributed by atoms with Crippen LogP contribution >= 0.6 is 0 Å². The minimum absolute atomic E-state index is 1.16. The van der Waals surface area contributed by atoms with Gasteiger partial charge < -0.3 is 4.98 Å². The Kier molecular flexibility index (Phi) is 20.2. The van der Waals surface area contributed by atoms with E-state index in [1.54, 1.807) is 0 Å². The molecule has 1 nitrogen and oxygen atoms in total. The van der Waals surface area contributed by atoms with E-state index in [9.17, 15) is 0 Å². The molecule has 0 radical (unpaired) electrons. The highest BCUT2D eigenvalue weighted by Crippen LogP contribution is 2.19. The van der Waals surface area contributed by atoms with Gasteiger partial charge in [-0.1, -0.05) is 66.7 Å². The smallest absolute Gasteiger partial charge is 0.0455 e. The average Bonchev–Trinajstić information content (AvgIpc) is 2.70. The fourth-order valence-electron chi connectivity index (χ4n) is 1.33. The number of hydrogen-bond acceptors (Lipinski definition) is 0. The average molecular weight is 265 g/mol. The number of aromatic nitrogens is 1. The van der Waals surface area contributed by atoms with E-state index < -0.39 is 0 Å². The van der Waals surface area contributed by atoms with Crippen molar-refractivity contribution >= 4 is 12.2 Å². The normalized spacial score (nSPS) is 8.47. The van der Waals surface area contributed by atoms with Crippen LogP contribution in [-0.4, -0.2) is 4.98 Å². The van der Waals surface area contributed by atoms with E-state index in [0.29, 0.717) is 0 Å². The Bertz CT molecular complexity index is 330. The van der Waals surface area contributed by atoms with Crippen LogP contribution in [0.1, 0.15) is 77.4 Å². The van der Waals surface area contributed by atoms with Crippen LogP contribution in [0.25, 0.3) is 12.2 Å². The van der Waals surface area contributed by atoms with Crippen molar-refractivity contribution in [3.63, 3.8) is 0 Å². The van der Waals surface area contributed by atoms with Crippen LogP contribution in [0, 0.1) is 13.8 Å². The van der Waals surface area contributed by atoms with Crippen LogP contribution in [0.4, 0.5) is 0 Å². The maximum atomic E-state index is 3.79. The SMILES string of the molecule is C=Cc1c(/C=C\C)[nH]c(C)c1C.CC.CC.CCC. The van der Waals surface area contributed by atoms with Crippen LogP contribution in [0.15, 0.2) is 12.7 Å². The summed E-state index contributed by atoms with van der Waals surface area (Å²) in [5.41, 5.74) is 4.88. The molecular weight excluding hydrogens is 230 g/mol. The molecule has 0 aliphatic rings. The molecule has 0 unspecified atom stereocenters. The highest BCUT2D eigenvalue weighted by atomic mass is 14.7. The van der Waals surface area contributed by atoms with Gasteiger partial charge in [0.05, 0.1) is 0 Å². The summed E-state index contributed by atoms with van der Waals surface area (Å²) in [6, 6.07) is 0. The van der Waals surface area contributed by atoms with Crippen molar-refractivity contribution in [3.8, 4) is 0 Å². The fourth-order valence-corrected chi connectivity index (χ4v) is 1.33. The third-order valence-electron chi connectivity index (χ3n) is 2.12. The van der Waals surface area contributed by atoms with Gasteiger partial charge >= 0.3 is 0 Å². The minimum atomic E-state index is 1.16. The zero-order valence-corrected chi connectivity index (χ0v) is 14.6. The van der Waals surface area contributed by atoms with Crippen LogP contribution in [0.2, 0.25) is 0 Å². The molecule has 0 amide bonds. The summed E-state index contributed by atoms with van der Waals surface area (Å²) in [4.78, 5) is 3.31. The van der Waals surface area contributed by atoms with Crippen LogP contribution < -0.4 is 0 Å². The predicted octanol–water partition coefficient (Wildman–Crippen LogP) is 6.78. The molecule has 0 saturated carbocycles. The van der Waals surface area contributed by atoms with Crippen molar-refractivity contribution in [2.24, 2.45) is 0 Å². The molecule has 1 rings (SSSR count). The molecule has 0 aromatic carbocycles. The molecule has 0 aliphatic heterocycles. The third-order valence-corrected chi connectivity index (χ3v) is 2.12. The molecule has 19 heavy (non-hydrogen) atoms. The minimum Gasteiger partial charge on any atom is -0.358 e. The van der Waals surface area contributed by atoms with Crippen LogP contribution in [-0.2, 0) is 0 Å². The molecule has 0 spiro atoms. The summed E-state index contributed by atoms with van der Waals surface area (Å²) in [5, 5.41) is 0. The molecule has 0 bridgehead atoms. The Balaban J connectivity index is -0.000000313. The number of aryl methyl sites for hydroxylation is 1. The predicted molar refractivity (Wildman–Crippen MR) is 93.7 cm³/mol.